The Morgan fingerprint density at radius 2 is 1.33 bits per heavy atom. The predicted molar refractivity (Wildman–Crippen MR) is 200 cm³/mol. The molecule has 0 fully saturated rings. The maximum absolute atomic E-state index is 13.8. The summed E-state index contributed by atoms with van der Waals surface area (Å²) in [6, 6.07) is 25.6. The number of Topliss-reactive ketones (excluding diaryl/α,β-unsaturated/α-hetero) is 1. The highest BCUT2D eigenvalue weighted by molar-refractivity contribution is 7.92. The van der Waals surface area contributed by atoms with Gasteiger partial charge in [0.15, 0.2) is 5.78 Å². The fourth-order valence-corrected chi connectivity index (χ4v) is 8.88. The molecule has 3 N–H and O–H groups in total. The molecule has 0 atom stereocenters. The van der Waals surface area contributed by atoms with Crippen molar-refractivity contribution in [3.05, 3.63) is 146 Å². The van der Waals surface area contributed by atoms with Gasteiger partial charge in [-0.1, -0.05) is 36.4 Å². The zero-order valence-corrected chi connectivity index (χ0v) is 29.9. The molecule has 1 amide bonds. The minimum absolute atomic E-state index is 0.0270. The summed E-state index contributed by atoms with van der Waals surface area (Å²) < 4.78 is 28.1. The van der Waals surface area contributed by atoms with Crippen molar-refractivity contribution < 1.29 is 37.8 Å². The lowest BCUT2D eigenvalue weighted by molar-refractivity contribution is 0.0686. The number of carboxylic acids is 2. The number of amides is 1. The molecule has 10 nitrogen and oxygen atoms in total. The topological polar surface area (TPSA) is 158 Å². The van der Waals surface area contributed by atoms with Gasteiger partial charge in [-0.15, -0.1) is 11.3 Å². The quantitative estimate of drug-likeness (QED) is 0.106. The van der Waals surface area contributed by atoms with Gasteiger partial charge in [0.2, 0.25) is 0 Å². The Morgan fingerprint density at radius 1 is 0.750 bits per heavy atom. The number of nitrogens with zero attached hydrogens (tertiary/aromatic N) is 1. The van der Waals surface area contributed by atoms with E-state index in [1.165, 1.54) is 60.8 Å². The average molecular weight is 737 g/mol. The molecule has 266 valence electrons. The number of fused-ring (bicyclic) bond motifs is 1. The van der Waals surface area contributed by atoms with Crippen LogP contribution in [-0.4, -0.2) is 49.3 Å². The Morgan fingerprint density at radius 3 is 1.94 bits per heavy atom. The summed E-state index contributed by atoms with van der Waals surface area (Å²) >= 11 is 1.47. The van der Waals surface area contributed by atoms with Crippen LogP contribution in [0, 0.1) is 0 Å². The third kappa shape index (κ3) is 7.98. The summed E-state index contributed by atoms with van der Waals surface area (Å²) in [4.78, 5) is 51.5. The first-order valence-corrected chi connectivity index (χ1v) is 19.0. The fraction of sp³-hybridized carbons (Fsp3) is 0.200. The van der Waals surface area contributed by atoms with Crippen LogP contribution in [0.5, 0.6) is 0 Å². The molecule has 5 aromatic rings. The molecule has 0 saturated heterocycles. The van der Waals surface area contributed by atoms with E-state index in [1.54, 1.807) is 18.2 Å². The number of aryl methyl sites for hydroxylation is 3. The number of sulfonamides is 1. The molecular weight excluding hydrogens is 701 g/mol. The van der Waals surface area contributed by atoms with Crippen LogP contribution in [0.2, 0.25) is 0 Å². The summed E-state index contributed by atoms with van der Waals surface area (Å²) in [7, 11) is -2.73. The molecule has 4 aromatic carbocycles. The summed E-state index contributed by atoms with van der Waals surface area (Å²) in [5.41, 5.74) is 4.92. The molecule has 52 heavy (non-hydrogen) atoms. The van der Waals surface area contributed by atoms with Gasteiger partial charge in [-0.2, -0.15) is 0 Å². The van der Waals surface area contributed by atoms with Crippen molar-refractivity contribution in [2.75, 3.05) is 16.7 Å². The van der Waals surface area contributed by atoms with Crippen LogP contribution in [0.25, 0.3) is 0 Å². The van der Waals surface area contributed by atoms with Crippen LogP contribution in [0.1, 0.15) is 80.7 Å². The number of ketones is 1. The van der Waals surface area contributed by atoms with Gasteiger partial charge in [0.25, 0.3) is 15.9 Å². The molecule has 1 aromatic heterocycles. The Bertz CT molecular complexity index is 2260. The summed E-state index contributed by atoms with van der Waals surface area (Å²) in [5, 5.41) is 21.3. The van der Waals surface area contributed by atoms with E-state index < -0.39 is 22.0 Å². The fourth-order valence-electron chi connectivity index (χ4n) is 6.25. The number of benzene rings is 4. The van der Waals surface area contributed by atoms with E-state index in [2.05, 4.69) is 5.32 Å². The normalized spacial score (nSPS) is 12.5. The summed E-state index contributed by atoms with van der Waals surface area (Å²) in [5.74, 6) is -2.69. The third-order valence-corrected chi connectivity index (χ3v) is 12.3. The summed E-state index contributed by atoms with van der Waals surface area (Å²) in [6.45, 7) is 0. The highest BCUT2D eigenvalue weighted by Crippen LogP contribution is 2.36. The van der Waals surface area contributed by atoms with Crippen molar-refractivity contribution in [1.82, 2.24) is 0 Å². The number of carbonyl (C=O) groups is 4. The Balaban J connectivity index is 1.16. The number of carboxylic acid groups (broad SMARTS) is 2. The van der Waals surface area contributed by atoms with Crippen molar-refractivity contribution in [1.29, 1.82) is 0 Å². The van der Waals surface area contributed by atoms with E-state index in [1.807, 2.05) is 36.4 Å². The lowest BCUT2D eigenvalue weighted by Crippen LogP contribution is -2.26. The highest BCUT2D eigenvalue weighted by Gasteiger charge is 2.28. The van der Waals surface area contributed by atoms with Gasteiger partial charge in [-0.3, -0.25) is 13.9 Å². The average Bonchev–Trinajstić information content (AvgIpc) is 3.52. The minimum Gasteiger partial charge on any atom is -0.478 e. The minimum atomic E-state index is -4.09. The summed E-state index contributed by atoms with van der Waals surface area (Å²) in [6.07, 6.45) is 4.92. The van der Waals surface area contributed by atoms with Gasteiger partial charge < -0.3 is 15.5 Å². The zero-order valence-electron chi connectivity index (χ0n) is 28.3. The molecular formula is C40H36N2O8S2. The SMILES string of the molecule is CN(c1ccc(C(=O)O)cc1)S(=O)(=O)c1cccc(C(=O)Cc2sc3c(c2C(=O)Nc2ccc(CCc4ccc(C(=O)O)cc4)cc2)CCCC3)c1. The molecule has 1 aliphatic carbocycles. The van der Waals surface area contributed by atoms with Crippen molar-refractivity contribution in [3.63, 3.8) is 0 Å². The van der Waals surface area contributed by atoms with E-state index in [-0.39, 0.29) is 45.4 Å². The van der Waals surface area contributed by atoms with E-state index in [4.69, 9.17) is 5.11 Å². The van der Waals surface area contributed by atoms with E-state index in [0.717, 1.165) is 64.4 Å². The Hall–Kier alpha value is -5.59. The molecule has 1 aliphatic rings. The Labute approximate surface area is 305 Å². The van der Waals surface area contributed by atoms with Gasteiger partial charge in [-0.25, -0.2) is 18.0 Å². The number of carbonyl (C=O) groups excluding carboxylic acids is 2. The van der Waals surface area contributed by atoms with Gasteiger partial charge in [0.05, 0.1) is 27.3 Å². The maximum atomic E-state index is 13.8. The standard InChI is InChI=1S/C40H36N2O8S2/c1-42(31-21-17-28(18-22-31)40(47)48)52(49,50)32-6-4-5-29(23-32)34(43)24-36-37(33-7-2-3-8-35(33)51-36)38(44)41-30-19-13-26(14-20-30)10-9-25-11-15-27(16-12-25)39(45)46/h4-6,11-23H,2-3,7-10,24H2,1H3,(H,41,44)(H,45,46)(H,47,48). The second-order valence-electron chi connectivity index (χ2n) is 12.6. The highest BCUT2D eigenvalue weighted by atomic mass is 32.2. The molecule has 0 saturated carbocycles. The molecule has 12 heteroatoms. The van der Waals surface area contributed by atoms with Crippen LogP contribution in [0.15, 0.2) is 102 Å². The van der Waals surface area contributed by atoms with Crippen molar-refractivity contribution in [2.24, 2.45) is 0 Å². The van der Waals surface area contributed by atoms with Crippen molar-refractivity contribution in [3.8, 4) is 0 Å². The largest absolute Gasteiger partial charge is 0.478 e. The molecule has 0 aliphatic heterocycles. The van der Waals surface area contributed by atoms with Gasteiger partial charge >= 0.3 is 11.9 Å². The maximum Gasteiger partial charge on any atom is 0.335 e. The number of aromatic carboxylic acids is 2. The van der Waals surface area contributed by atoms with Gasteiger partial charge in [0, 0.05) is 34.5 Å². The third-order valence-electron chi connectivity index (χ3n) is 9.20. The molecule has 0 spiro atoms. The van der Waals surface area contributed by atoms with Crippen LogP contribution in [0.3, 0.4) is 0 Å². The first-order chi connectivity index (χ1) is 24.9. The lowest BCUT2D eigenvalue weighted by Gasteiger charge is -2.20. The number of anilines is 2. The number of hydrogen-bond acceptors (Lipinski definition) is 7. The number of rotatable bonds is 13. The van der Waals surface area contributed by atoms with Gasteiger partial charge in [-0.05, 0) is 116 Å². The first kappa shape index (κ1) is 36.2. The molecule has 0 unspecified atom stereocenters. The number of hydrogen-bond donors (Lipinski definition) is 3. The Kier molecular flexibility index (Phi) is 10.7. The lowest BCUT2D eigenvalue weighted by atomic mass is 9.93. The molecule has 0 bridgehead atoms. The van der Waals surface area contributed by atoms with Crippen LogP contribution in [0.4, 0.5) is 11.4 Å². The second kappa shape index (κ2) is 15.3. The van der Waals surface area contributed by atoms with Crippen molar-refractivity contribution in [2.45, 2.75) is 49.8 Å². The van der Waals surface area contributed by atoms with E-state index >= 15 is 0 Å². The number of nitrogens with one attached hydrogen (secondary N) is 1. The zero-order chi connectivity index (χ0) is 37.0. The second-order valence-corrected chi connectivity index (χ2v) is 15.8. The number of thiophene rings is 1. The van der Waals surface area contributed by atoms with Crippen molar-refractivity contribution >= 4 is 56.4 Å². The van der Waals surface area contributed by atoms with Crippen LogP contribution in [-0.2, 0) is 42.1 Å². The van der Waals surface area contributed by atoms with Crippen LogP contribution >= 0.6 is 11.3 Å². The smallest absolute Gasteiger partial charge is 0.335 e. The molecule has 0 radical (unpaired) electrons. The van der Waals surface area contributed by atoms with Gasteiger partial charge in [0.1, 0.15) is 0 Å². The predicted octanol–water partition coefficient (Wildman–Crippen LogP) is 7.31. The monoisotopic (exact) mass is 736 g/mol. The van der Waals surface area contributed by atoms with Crippen LogP contribution < -0.4 is 9.62 Å². The molecule has 1 heterocycles. The van der Waals surface area contributed by atoms with E-state index in [0.29, 0.717) is 16.1 Å². The first-order valence-electron chi connectivity index (χ1n) is 16.7. The van der Waals surface area contributed by atoms with E-state index in [9.17, 15) is 32.7 Å². The molecule has 6 rings (SSSR count).